The van der Waals surface area contributed by atoms with Crippen molar-refractivity contribution in [1.29, 1.82) is 0 Å². The third kappa shape index (κ3) is 4.60. The number of rotatable bonds is 4. The number of halogens is 1. The SMILES string of the molecule is Cc1cc(P)c(N(C)C(=O)c2cnn(C(C)(C)C)c2F)cc1-c1cn2ccnc2c(N2CCOCC2)n1. The molecule has 1 aliphatic rings. The molecule has 1 fully saturated rings. The average molecular weight is 524 g/mol. The van der Waals surface area contributed by atoms with Crippen LogP contribution in [-0.4, -0.2) is 63.4 Å². The first-order valence-corrected chi connectivity index (χ1v) is 12.7. The van der Waals surface area contributed by atoms with Crippen molar-refractivity contribution in [2.24, 2.45) is 0 Å². The molecule has 0 aliphatic carbocycles. The molecule has 1 aliphatic heterocycles. The van der Waals surface area contributed by atoms with Gasteiger partial charge in [-0.3, -0.25) is 4.79 Å². The normalized spacial score (nSPS) is 14.4. The van der Waals surface area contributed by atoms with E-state index < -0.39 is 17.4 Å². The number of hydrogen-bond donors (Lipinski definition) is 0. The Hall–Kier alpha value is -3.36. The molecule has 11 heteroatoms. The third-order valence-corrected chi connectivity index (χ3v) is 7.02. The number of carbonyl (C=O) groups is 1. The van der Waals surface area contributed by atoms with Gasteiger partial charge in [0.2, 0.25) is 5.95 Å². The van der Waals surface area contributed by atoms with E-state index >= 15 is 4.39 Å². The number of ether oxygens (including phenoxy) is 1. The molecule has 1 aromatic carbocycles. The third-order valence-electron chi connectivity index (χ3n) is 6.56. The van der Waals surface area contributed by atoms with E-state index in [2.05, 4.69) is 24.2 Å². The number of aryl methyl sites for hydroxylation is 1. The number of aromatic nitrogens is 5. The van der Waals surface area contributed by atoms with Gasteiger partial charge in [-0.15, -0.1) is 9.24 Å². The molecule has 4 heterocycles. The molecular weight excluding hydrogens is 492 g/mol. The van der Waals surface area contributed by atoms with E-state index in [0.717, 1.165) is 46.7 Å². The largest absolute Gasteiger partial charge is 0.378 e. The van der Waals surface area contributed by atoms with E-state index in [-0.39, 0.29) is 5.56 Å². The van der Waals surface area contributed by atoms with Gasteiger partial charge < -0.3 is 18.9 Å². The molecule has 0 saturated carbocycles. The lowest BCUT2D eigenvalue weighted by atomic mass is 10.0. The summed E-state index contributed by atoms with van der Waals surface area (Å²) in [5.41, 5.74) is 3.39. The maximum atomic E-state index is 15.1. The maximum Gasteiger partial charge on any atom is 0.264 e. The van der Waals surface area contributed by atoms with Gasteiger partial charge in [0.25, 0.3) is 5.91 Å². The van der Waals surface area contributed by atoms with E-state index in [1.54, 1.807) is 13.2 Å². The van der Waals surface area contributed by atoms with Gasteiger partial charge in [-0.1, -0.05) is 0 Å². The highest BCUT2D eigenvalue weighted by atomic mass is 31.0. The summed E-state index contributed by atoms with van der Waals surface area (Å²) < 4.78 is 23.8. The van der Waals surface area contributed by atoms with Crippen LogP contribution in [-0.2, 0) is 10.3 Å². The zero-order valence-corrected chi connectivity index (χ0v) is 22.8. The number of anilines is 2. The average Bonchev–Trinajstić information content (AvgIpc) is 3.49. The molecule has 1 amide bonds. The summed E-state index contributed by atoms with van der Waals surface area (Å²) in [5, 5.41) is 4.94. The minimum atomic E-state index is -0.649. The number of carbonyl (C=O) groups excluding carboxylic acids is 1. The Kier molecular flexibility index (Phi) is 6.50. The summed E-state index contributed by atoms with van der Waals surface area (Å²) in [4.78, 5) is 26.5. The first kappa shape index (κ1) is 25.3. The number of hydrogen-bond acceptors (Lipinski definition) is 6. The second kappa shape index (κ2) is 9.50. The Labute approximate surface area is 217 Å². The first-order chi connectivity index (χ1) is 17.6. The molecule has 1 saturated heterocycles. The van der Waals surface area contributed by atoms with E-state index in [9.17, 15) is 4.79 Å². The van der Waals surface area contributed by atoms with Crippen LogP contribution in [0.15, 0.2) is 36.9 Å². The zero-order chi connectivity index (χ0) is 26.5. The Morgan fingerprint density at radius 1 is 1.22 bits per heavy atom. The monoisotopic (exact) mass is 523 g/mol. The molecule has 1 atom stereocenters. The lowest BCUT2D eigenvalue weighted by Crippen LogP contribution is -2.37. The maximum absolute atomic E-state index is 15.1. The molecule has 4 aromatic rings. The highest BCUT2D eigenvalue weighted by Gasteiger charge is 2.28. The van der Waals surface area contributed by atoms with Gasteiger partial charge in [-0.05, 0) is 50.7 Å². The number of morpholine rings is 1. The topological polar surface area (TPSA) is 80.8 Å². The fourth-order valence-electron chi connectivity index (χ4n) is 4.55. The summed E-state index contributed by atoms with van der Waals surface area (Å²) in [7, 11) is 4.32. The Morgan fingerprint density at radius 3 is 2.62 bits per heavy atom. The van der Waals surface area contributed by atoms with Crippen LogP contribution in [0.25, 0.3) is 16.9 Å². The van der Waals surface area contributed by atoms with Gasteiger partial charge in [0.15, 0.2) is 11.5 Å². The van der Waals surface area contributed by atoms with Crippen molar-refractivity contribution in [3.05, 3.63) is 54.0 Å². The zero-order valence-electron chi connectivity index (χ0n) is 21.7. The Morgan fingerprint density at radius 2 is 1.95 bits per heavy atom. The number of nitrogens with zero attached hydrogens (tertiary/aromatic N) is 7. The van der Waals surface area contributed by atoms with Crippen LogP contribution in [0.1, 0.15) is 36.7 Å². The van der Waals surface area contributed by atoms with Crippen LogP contribution in [0, 0.1) is 12.9 Å². The predicted molar refractivity (Wildman–Crippen MR) is 145 cm³/mol. The van der Waals surface area contributed by atoms with Crippen LogP contribution < -0.4 is 15.1 Å². The first-order valence-electron chi connectivity index (χ1n) is 12.1. The van der Waals surface area contributed by atoms with Crippen molar-refractivity contribution in [3.8, 4) is 11.3 Å². The molecule has 1 unspecified atom stereocenters. The molecule has 0 bridgehead atoms. The van der Waals surface area contributed by atoms with E-state index in [0.29, 0.717) is 18.9 Å². The molecule has 5 rings (SSSR count). The Balaban J connectivity index is 1.56. The molecule has 0 spiro atoms. The number of imidazole rings is 1. The number of amides is 1. The lowest BCUT2D eigenvalue weighted by Gasteiger charge is -2.28. The molecule has 194 valence electrons. The van der Waals surface area contributed by atoms with Gasteiger partial charge in [-0.2, -0.15) is 9.49 Å². The van der Waals surface area contributed by atoms with Gasteiger partial charge in [0, 0.05) is 44.3 Å². The molecule has 37 heavy (non-hydrogen) atoms. The number of fused-ring (bicyclic) bond motifs is 1. The van der Waals surface area contributed by atoms with Crippen molar-refractivity contribution in [3.63, 3.8) is 0 Å². The quantitative estimate of drug-likeness (QED) is 0.382. The van der Waals surface area contributed by atoms with Crippen molar-refractivity contribution in [2.75, 3.05) is 43.2 Å². The molecule has 9 nitrogen and oxygen atoms in total. The summed E-state index contributed by atoms with van der Waals surface area (Å²) >= 11 is 0. The molecular formula is C26H31FN7O2P. The van der Waals surface area contributed by atoms with Gasteiger partial charge in [0.1, 0.15) is 5.56 Å². The van der Waals surface area contributed by atoms with Crippen molar-refractivity contribution in [2.45, 2.75) is 33.2 Å². The standard InChI is InChI=1S/C26H31FN7O2P/c1-16-12-21(37)20(31(5)25(35)18-14-29-34(22(18)27)26(2,3)4)13-17(16)19-15-33-7-6-28-23(33)24(30-19)32-8-10-36-11-9-32/h6-7,12-15H,8-11,37H2,1-5H3. The smallest absolute Gasteiger partial charge is 0.264 e. The van der Waals surface area contributed by atoms with Crippen LogP contribution >= 0.6 is 9.24 Å². The van der Waals surface area contributed by atoms with Crippen LogP contribution in [0.3, 0.4) is 0 Å². The van der Waals surface area contributed by atoms with E-state index in [4.69, 9.17) is 9.72 Å². The van der Waals surface area contributed by atoms with Gasteiger partial charge in [0.05, 0.1) is 36.3 Å². The van der Waals surface area contributed by atoms with Gasteiger partial charge in [-0.25, -0.2) is 14.6 Å². The molecule has 0 radical (unpaired) electrons. The Bertz CT molecular complexity index is 1480. The van der Waals surface area contributed by atoms with Crippen LogP contribution in [0.2, 0.25) is 0 Å². The summed E-state index contributed by atoms with van der Waals surface area (Å²) in [5.74, 6) is -0.328. The fourth-order valence-corrected chi connectivity index (χ4v) is 5.08. The summed E-state index contributed by atoms with van der Waals surface area (Å²) in [6, 6.07) is 3.91. The molecule has 0 N–H and O–H groups in total. The second-order valence-electron chi connectivity index (χ2n) is 10.2. The molecule has 3 aromatic heterocycles. The summed E-state index contributed by atoms with van der Waals surface area (Å²) in [6.45, 7) is 10.3. The minimum Gasteiger partial charge on any atom is -0.378 e. The lowest BCUT2D eigenvalue weighted by molar-refractivity contribution is 0.0988. The fraction of sp³-hybridized carbons (Fsp3) is 0.385. The highest BCUT2D eigenvalue weighted by molar-refractivity contribution is 7.28. The highest BCUT2D eigenvalue weighted by Crippen LogP contribution is 2.31. The minimum absolute atomic E-state index is 0.0727. The van der Waals surface area contributed by atoms with Gasteiger partial charge >= 0.3 is 0 Å². The number of benzene rings is 1. The van der Waals surface area contributed by atoms with Crippen LogP contribution in [0.4, 0.5) is 15.9 Å². The second-order valence-corrected chi connectivity index (χ2v) is 10.9. The van der Waals surface area contributed by atoms with Crippen molar-refractivity contribution >= 4 is 37.6 Å². The van der Waals surface area contributed by atoms with Crippen molar-refractivity contribution in [1.82, 2.24) is 24.1 Å². The summed E-state index contributed by atoms with van der Waals surface area (Å²) in [6.07, 6.45) is 6.89. The predicted octanol–water partition coefficient (Wildman–Crippen LogP) is 3.41. The van der Waals surface area contributed by atoms with Crippen LogP contribution in [0.5, 0.6) is 0 Å². The van der Waals surface area contributed by atoms with E-state index in [1.807, 2.05) is 56.6 Å². The van der Waals surface area contributed by atoms with Crippen molar-refractivity contribution < 1.29 is 13.9 Å². The van der Waals surface area contributed by atoms with E-state index in [1.165, 1.54) is 15.8 Å².